The van der Waals surface area contributed by atoms with E-state index in [9.17, 15) is 29.4 Å². The van der Waals surface area contributed by atoms with Crippen LogP contribution in [0.2, 0.25) is 0 Å². The summed E-state index contributed by atoms with van der Waals surface area (Å²) in [5, 5.41) is 28.7. The molecule has 0 spiro atoms. The fraction of sp³-hybridized carbons (Fsp3) is 0.371. The van der Waals surface area contributed by atoms with Crippen LogP contribution in [-0.2, 0) is 33.6 Å². The van der Waals surface area contributed by atoms with Crippen LogP contribution < -0.4 is 21.7 Å². The number of hydrogen-bond donors (Lipinski definition) is 6. The second kappa shape index (κ2) is 17.6. The van der Waals surface area contributed by atoms with Crippen molar-refractivity contribution >= 4 is 23.8 Å². The fourth-order valence-corrected chi connectivity index (χ4v) is 5.28. The molecule has 45 heavy (non-hydrogen) atoms. The number of nitrogens with two attached hydrogens (primary N) is 1. The Morgan fingerprint density at radius 2 is 1.11 bits per heavy atom. The Hall–Kier alpha value is -4.70. The van der Waals surface area contributed by atoms with Gasteiger partial charge in [-0.3, -0.25) is 14.4 Å². The summed E-state index contributed by atoms with van der Waals surface area (Å²) in [4.78, 5) is 51.2. The molecule has 0 aromatic heterocycles. The molecule has 10 heteroatoms. The van der Waals surface area contributed by atoms with Gasteiger partial charge in [0.2, 0.25) is 17.7 Å². The van der Waals surface area contributed by atoms with Gasteiger partial charge in [-0.25, -0.2) is 4.79 Å². The minimum absolute atomic E-state index is 0.0235. The van der Waals surface area contributed by atoms with Crippen LogP contribution in [0.4, 0.5) is 4.79 Å². The summed E-state index contributed by atoms with van der Waals surface area (Å²) in [6.45, 7) is 3.83. The summed E-state index contributed by atoms with van der Waals surface area (Å²) in [5.41, 5.74) is 8.12. The third kappa shape index (κ3) is 12.1. The number of primary amides is 1. The number of carbonyl (C=O) groups excluding carboxylic acids is 3. The Balaban J connectivity index is 1.81. The van der Waals surface area contributed by atoms with Crippen LogP contribution in [0.3, 0.4) is 0 Å². The second-order valence-corrected chi connectivity index (χ2v) is 11.8. The standard InChI is InChI=1S/C35H44N4O6/c1-23(2)18-30(34(43)37-29(32(36)41)21-26-16-10-5-11-17-26)38-33(42)27(19-24-12-6-3-7-13-24)22-31(40)28(39-35(44)45)20-25-14-8-4-9-15-25/h3-17,23,27-31,39-40H,18-22H2,1-2H3,(H2,36,41)(H,37,43)(H,38,42)(H,44,45). The SMILES string of the molecule is CC(C)CC(NC(=O)C(Cc1ccccc1)CC(O)C(Cc1ccccc1)NC(=O)O)C(=O)NC(Cc1ccccc1)C(N)=O. The molecule has 0 radical (unpaired) electrons. The third-order valence-electron chi connectivity index (χ3n) is 7.58. The second-order valence-electron chi connectivity index (χ2n) is 11.8. The van der Waals surface area contributed by atoms with Gasteiger partial charge in [0.15, 0.2) is 0 Å². The molecule has 3 aromatic carbocycles. The van der Waals surface area contributed by atoms with E-state index in [0.29, 0.717) is 6.42 Å². The van der Waals surface area contributed by atoms with Gasteiger partial charge in [0.05, 0.1) is 12.1 Å². The van der Waals surface area contributed by atoms with Crippen molar-refractivity contribution in [2.24, 2.45) is 17.6 Å². The molecule has 5 atom stereocenters. The van der Waals surface area contributed by atoms with Crippen molar-refractivity contribution in [3.8, 4) is 0 Å². The van der Waals surface area contributed by atoms with E-state index < -0.39 is 54.0 Å². The normalized spacial score (nSPS) is 14.4. The lowest BCUT2D eigenvalue weighted by molar-refractivity contribution is -0.133. The Morgan fingerprint density at radius 3 is 1.58 bits per heavy atom. The Kier molecular flexibility index (Phi) is 13.6. The molecule has 240 valence electrons. The molecule has 3 aromatic rings. The van der Waals surface area contributed by atoms with Crippen molar-refractivity contribution < 1.29 is 29.4 Å². The van der Waals surface area contributed by atoms with E-state index in [1.807, 2.05) is 105 Å². The zero-order valence-corrected chi connectivity index (χ0v) is 25.8. The number of carbonyl (C=O) groups is 4. The summed E-state index contributed by atoms with van der Waals surface area (Å²) in [5.74, 6) is -2.47. The lowest BCUT2D eigenvalue weighted by Crippen LogP contribution is -2.55. The smallest absolute Gasteiger partial charge is 0.404 e. The molecule has 4 amide bonds. The van der Waals surface area contributed by atoms with Crippen LogP contribution >= 0.6 is 0 Å². The molecule has 10 nitrogen and oxygen atoms in total. The molecular formula is C35H44N4O6. The molecule has 3 rings (SSSR count). The summed E-state index contributed by atoms with van der Waals surface area (Å²) < 4.78 is 0. The predicted molar refractivity (Wildman–Crippen MR) is 172 cm³/mol. The molecule has 0 bridgehead atoms. The highest BCUT2D eigenvalue weighted by Gasteiger charge is 2.32. The topological polar surface area (TPSA) is 171 Å². The molecule has 0 saturated heterocycles. The van der Waals surface area contributed by atoms with Crippen molar-refractivity contribution in [2.45, 2.75) is 70.2 Å². The van der Waals surface area contributed by atoms with Gasteiger partial charge in [-0.1, -0.05) is 105 Å². The third-order valence-corrected chi connectivity index (χ3v) is 7.58. The van der Waals surface area contributed by atoms with Crippen LogP contribution in [0.5, 0.6) is 0 Å². The first kappa shape index (κ1) is 34.8. The van der Waals surface area contributed by atoms with Crippen LogP contribution in [0.1, 0.15) is 43.4 Å². The summed E-state index contributed by atoms with van der Waals surface area (Å²) in [6.07, 6.45) is -1.58. The largest absolute Gasteiger partial charge is 0.465 e. The lowest BCUT2D eigenvalue weighted by Gasteiger charge is -2.29. The average molecular weight is 617 g/mol. The predicted octanol–water partition coefficient (Wildman–Crippen LogP) is 3.22. The average Bonchev–Trinajstić information content (AvgIpc) is 3.00. The molecule has 7 N–H and O–H groups in total. The Morgan fingerprint density at radius 1 is 0.644 bits per heavy atom. The van der Waals surface area contributed by atoms with Crippen molar-refractivity contribution in [2.75, 3.05) is 0 Å². The van der Waals surface area contributed by atoms with Gasteiger partial charge in [-0.2, -0.15) is 0 Å². The molecular weight excluding hydrogens is 572 g/mol. The number of rotatable bonds is 17. The van der Waals surface area contributed by atoms with Gasteiger partial charge in [0.1, 0.15) is 12.1 Å². The van der Waals surface area contributed by atoms with E-state index in [1.165, 1.54) is 0 Å². The summed E-state index contributed by atoms with van der Waals surface area (Å²) in [6, 6.07) is 24.8. The van der Waals surface area contributed by atoms with Gasteiger partial charge < -0.3 is 31.9 Å². The van der Waals surface area contributed by atoms with Crippen molar-refractivity contribution in [1.82, 2.24) is 16.0 Å². The monoisotopic (exact) mass is 616 g/mol. The zero-order valence-electron chi connectivity index (χ0n) is 25.8. The van der Waals surface area contributed by atoms with Gasteiger partial charge >= 0.3 is 6.09 Å². The summed E-state index contributed by atoms with van der Waals surface area (Å²) in [7, 11) is 0. The molecule has 0 saturated carbocycles. The van der Waals surface area contributed by atoms with Crippen LogP contribution in [-0.4, -0.2) is 58.3 Å². The first-order chi connectivity index (χ1) is 21.5. The fourth-order valence-electron chi connectivity index (χ4n) is 5.28. The maximum Gasteiger partial charge on any atom is 0.404 e. The van der Waals surface area contributed by atoms with Crippen LogP contribution in [0, 0.1) is 11.8 Å². The van der Waals surface area contributed by atoms with Gasteiger partial charge in [-0.15, -0.1) is 0 Å². The number of aliphatic hydroxyl groups excluding tert-OH is 1. The molecule has 0 aliphatic heterocycles. The Labute approximate surface area is 264 Å². The number of benzene rings is 3. The van der Waals surface area contributed by atoms with E-state index >= 15 is 0 Å². The van der Waals surface area contributed by atoms with E-state index in [2.05, 4.69) is 16.0 Å². The number of aliphatic hydroxyl groups is 1. The molecule has 5 unspecified atom stereocenters. The molecule has 0 heterocycles. The van der Waals surface area contributed by atoms with E-state index in [0.717, 1.165) is 16.7 Å². The minimum Gasteiger partial charge on any atom is -0.465 e. The first-order valence-corrected chi connectivity index (χ1v) is 15.2. The molecule has 0 aliphatic carbocycles. The van der Waals surface area contributed by atoms with E-state index in [1.54, 1.807) is 0 Å². The van der Waals surface area contributed by atoms with Gasteiger partial charge in [0.25, 0.3) is 0 Å². The van der Waals surface area contributed by atoms with Crippen molar-refractivity contribution in [3.05, 3.63) is 108 Å². The van der Waals surface area contributed by atoms with Crippen LogP contribution in [0.25, 0.3) is 0 Å². The maximum atomic E-state index is 13.9. The van der Waals surface area contributed by atoms with Gasteiger partial charge in [0, 0.05) is 12.3 Å². The zero-order chi connectivity index (χ0) is 32.8. The lowest BCUT2D eigenvalue weighted by atomic mass is 9.88. The van der Waals surface area contributed by atoms with Crippen molar-refractivity contribution in [3.63, 3.8) is 0 Å². The summed E-state index contributed by atoms with van der Waals surface area (Å²) >= 11 is 0. The molecule has 0 fully saturated rings. The van der Waals surface area contributed by atoms with E-state index in [4.69, 9.17) is 5.73 Å². The minimum atomic E-state index is -1.28. The quantitative estimate of drug-likeness (QED) is 0.136. The molecule has 0 aliphatic rings. The van der Waals surface area contributed by atoms with Crippen molar-refractivity contribution in [1.29, 1.82) is 0 Å². The highest BCUT2D eigenvalue weighted by molar-refractivity contribution is 5.92. The maximum absolute atomic E-state index is 13.9. The number of amides is 4. The highest BCUT2D eigenvalue weighted by Crippen LogP contribution is 2.20. The van der Waals surface area contributed by atoms with Gasteiger partial charge in [-0.05, 0) is 48.3 Å². The number of carboxylic acid groups (broad SMARTS) is 1. The Bertz CT molecular complexity index is 1370. The number of nitrogens with one attached hydrogen (secondary N) is 3. The van der Waals surface area contributed by atoms with E-state index in [-0.39, 0.29) is 31.6 Å². The van der Waals surface area contributed by atoms with Crippen LogP contribution in [0.15, 0.2) is 91.0 Å². The highest BCUT2D eigenvalue weighted by atomic mass is 16.4. The first-order valence-electron chi connectivity index (χ1n) is 15.2. The number of hydrogen-bond acceptors (Lipinski definition) is 5.